The van der Waals surface area contributed by atoms with Crippen molar-refractivity contribution in [2.24, 2.45) is 0 Å². The van der Waals surface area contributed by atoms with Crippen molar-refractivity contribution in [2.45, 2.75) is 13.8 Å². The van der Waals surface area contributed by atoms with Crippen LogP contribution in [0.1, 0.15) is 13.8 Å². The maximum absolute atomic E-state index is 10.4. The molecule has 1 N–H and O–H groups in total. The molecule has 0 saturated carbocycles. The predicted octanol–water partition coefficient (Wildman–Crippen LogP) is -0.0896. The first-order valence-corrected chi connectivity index (χ1v) is 6.28. The SMILES string of the molecule is C1COCCN1.CCOS(=O)(=O)OCC. The van der Waals surface area contributed by atoms with Crippen LogP contribution in [0, 0.1) is 0 Å². The van der Waals surface area contributed by atoms with Gasteiger partial charge in [-0.1, -0.05) is 0 Å². The second kappa shape index (κ2) is 9.05. The first-order valence-electron chi connectivity index (χ1n) is 4.94. The van der Waals surface area contributed by atoms with Crippen molar-refractivity contribution in [1.82, 2.24) is 5.32 Å². The normalized spacial score (nSPS) is 16.7. The molecule has 0 spiro atoms. The maximum Gasteiger partial charge on any atom is 0.399 e. The van der Waals surface area contributed by atoms with Crippen molar-refractivity contribution in [3.63, 3.8) is 0 Å². The van der Waals surface area contributed by atoms with Crippen molar-refractivity contribution in [3.8, 4) is 0 Å². The van der Waals surface area contributed by atoms with Crippen LogP contribution < -0.4 is 5.32 Å². The van der Waals surface area contributed by atoms with Gasteiger partial charge in [0.1, 0.15) is 0 Å². The first kappa shape index (κ1) is 14.8. The van der Waals surface area contributed by atoms with Crippen LogP contribution in [0.15, 0.2) is 0 Å². The Labute approximate surface area is 91.2 Å². The quantitative estimate of drug-likeness (QED) is 0.741. The lowest BCUT2D eigenvalue weighted by Gasteiger charge is -2.10. The molecule has 1 aliphatic heterocycles. The van der Waals surface area contributed by atoms with E-state index < -0.39 is 10.4 Å². The molecule has 7 heteroatoms. The van der Waals surface area contributed by atoms with Crippen LogP contribution in [-0.4, -0.2) is 47.9 Å². The molecule has 0 bridgehead atoms. The molecule has 0 unspecified atom stereocenters. The Balaban J connectivity index is 0.000000280. The van der Waals surface area contributed by atoms with Crippen molar-refractivity contribution in [1.29, 1.82) is 0 Å². The van der Waals surface area contributed by atoms with E-state index >= 15 is 0 Å². The molecule has 1 saturated heterocycles. The highest BCUT2D eigenvalue weighted by atomic mass is 32.3. The molecule has 1 heterocycles. The third kappa shape index (κ3) is 10.1. The standard InChI is InChI=1S/C4H9NO.C4H10O4S/c1-3-6-4-2-5-1;1-3-7-9(5,6)8-4-2/h5H,1-4H2;3-4H2,1-2H3. The molecule has 92 valence electrons. The number of rotatable bonds is 4. The minimum Gasteiger partial charge on any atom is -0.379 e. The monoisotopic (exact) mass is 241 g/mol. The van der Waals surface area contributed by atoms with Crippen molar-refractivity contribution >= 4 is 10.4 Å². The number of hydrogen-bond donors (Lipinski definition) is 1. The average Bonchev–Trinajstić information content (AvgIpc) is 2.21. The Bertz CT molecular complexity index is 202. The van der Waals surface area contributed by atoms with Gasteiger partial charge in [-0.2, -0.15) is 8.42 Å². The van der Waals surface area contributed by atoms with Gasteiger partial charge in [-0.3, -0.25) is 0 Å². The lowest BCUT2D eigenvalue weighted by Crippen LogP contribution is -2.30. The van der Waals surface area contributed by atoms with Gasteiger partial charge in [-0.05, 0) is 13.8 Å². The summed E-state index contributed by atoms with van der Waals surface area (Å²) in [5.41, 5.74) is 0. The van der Waals surface area contributed by atoms with Crippen molar-refractivity contribution in [2.75, 3.05) is 39.5 Å². The van der Waals surface area contributed by atoms with Gasteiger partial charge in [0, 0.05) is 13.1 Å². The Kier molecular flexibility index (Phi) is 8.92. The minimum atomic E-state index is -3.68. The fourth-order valence-electron chi connectivity index (χ4n) is 0.838. The van der Waals surface area contributed by atoms with E-state index in [4.69, 9.17) is 4.74 Å². The summed E-state index contributed by atoms with van der Waals surface area (Å²) in [7, 11) is -3.68. The molecule has 0 aromatic heterocycles. The fraction of sp³-hybridized carbons (Fsp3) is 1.00. The highest BCUT2D eigenvalue weighted by Crippen LogP contribution is 1.93. The summed E-state index contributed by atoms with van der Waals surface area (Å²) < 4.78 is 34.2. The van der Waals surface area contributed by atoms with Gasteiger partial charge in [0.15, 0.2) is 0 Å². The number of hydrogen-bond acceptors (Lipinski definition) is 6. The second-order valence-corrected chi connectivity index (χ2v) is 3.87. The maximum atomic E-state index is 10.4. The lowest BCUT2D eigenvalue weighted by molar-refractivity contribution is 0.109. The second-order valence-electron chi connectivity index (χ2n) is 2.58. The van der Waals surface area contributed by atoms with E-state index in [-0.39, 0.29) is 13.2 Å². The number of ether oxygens (including phenoxy) is 1. The molecule has 0 aromatic rings. The Hall–Kier alpha value is -0.210. The number of nitrogens with one attached hydrogen (secondary N) is 1. The van der Waals surface area contributed by atoms with Gasteiger partial charge < -0.3 is 10.1 Å². The van der Waals surface area contributed by atoms with E-state index in [1.165, 1.54) is 0 Å². The van der Waals surface area contributed by atoms with Gasteiger partial charge in [-0.15, -0.1) is 0 Å². The molecule has 1 fully saturated rings. The van der Waals surface area contributed by atoms with Crippen LogP contribution in [0.5, 0.6) is 0 Å². The summed E-state index contributed by atoms with van der Waals surface area (Å²) in [6.45, 7) is 7.22. The average molecular weight is 241 g/mol. The van der Waals surface area contributed by atoms with Gasteiger partial charge in [0.05, 0.1) is 26.4 Å². The summed E-state index contributed by atoms with van der Waals surface area (Å²) in [4.78, 5) is 0. The zero-order valence-electron chi connectivity index (χ0n) is 9.19. The molecule has 0 radical (unpaired) electrons. The molecule has 0 atom stereocenters. The van der Waals surface area contributed by atoms with Crippen LogP contribution in [0.4, 0.5) is 0 Å². The van der Waals surface area contributed by atoms with Gasteiger partial charge in [-0.25, -0.2) is 8.37 Å². The number of morpholine rings is 1. The Morgan fingerprint density at radius 1 is 1.13 bits per heavy atom. The summed E-state index contributed by atoms with van der Waals surface area (Å²) >= 11 is 0. The molecule has 0 aliphatic carbocycles. The highest BCUT2D eigenvalue weighted by molar-refractivity contribution is 7.81. The molecule has 0 amide bonds. The Morgan fingerprint density at radius 3 is 1.80 bits per heavy atom. The van der Waals surface area contributed by atoms with Crippen molar-refractivity contribution in [3.05, 3.63) is 0 Å². The van der Waals surface area contributed by atoms with E-state index in [0.29, 0.717) is 0 Å². The molecular formula is C8H19NO5S. The smallest absolute Gasteiger partial charge is 0.379 e. The van der Waals surface area contributed by atoms with Crippen LogP contribution in [-0.2, 0) is 23.5 Å². The molecule has 0 aromatic carbocycles. The summed E-state index contributed by atoms with van der Waals surface area (Å²) in [5, 5.41) is 3.16. The van der Waals surface area contributed by atoms with Gasteiger partial charge >= 0.3 is 10.4 Å². The summed E-state index contributed by atoms with van der Waals surface area (Å²) in [6, 6.07) is 0. The van der Waals surface area contributed by atoms with Crippen LogP contribution >= 0.6 is 0 Å². The van der Waals surface area contributed by atoms with Gasteiger partial charge in [0.2, 0.25) is 0 Å². The van der Waals surface area contributed by atoms with Gasteiger partial charge in [0.25, 0.3) is 0 Å². The molecule has 15 heavy (non-hydrogen) atoms. The highest BCUT2D eigenvalue weighted by Gasteiger charge is 2.06. The predicted molar refractivity (Wildman–Crippen MR) is 55.9 cm³/mol. The topological polar surface area (TPSA) is 73.9 Å². The van der Waals surface area contributed by atoms with Crippen LogP contribution in [0.3, 0.4) is 0 Å². The minimum absolute atomic E-state index is 0.113. The summed E-state index contributed by atoms with van der Waals surface area (Å²) in [5.74, 6) is 0. The van der Waals surface area contributed by atoms with E-state index in [0.717, 1.165) is 26.3 Å². The van der Waals surface area contributed by atoms with Crippen LogP contribution in [0.25, 0.3) is 0 Å². The van der Waals surface area contributed by atoms with Crippen molar-refractivity contribution < 1.29 is 21.5 Å². The largest absolute Gasteiger partial charge is 0.399 e. The third-order valence-electron chi connectivity index (χ3n) is 1.37. The summed E-state index contributed by atoms with van der Waals surface area (Å²) in [6.07, 6.45) is 0. The van der Waals surface area contributed by atoms with Crippen LogP contribution in [0.2, 0.25) is 0 Å². The van der Waals surface area contributed by atoms with E-state index in [2.05, 4.69) is 13.7 Å². The fourth-order valence-corrected chi connectivity index (χ4v) is 1.48. The van der Waals surface area contributed by atoms with E-state index in [1.54, 1.807) is 13.8 Å². The molecule has 1 aliphatic rings. The first-order chi connectivity index (χ1) is 7.12. The third-order valence-corrected chi connectivity index (χ3v) is 2.42. The molecule has 6 nitrogen and oxygen atoms in total. The molecule has 1 rings (SSSR count). The van der Waals surface area contributed by atoms with E-state index in [1.807, 2.05) is 0 Å². The Morgan fingerprint density at radius 2 is 1.60 bits per heavy atom. The van der Waals surface area contributed by atoms with E-state index in [9.17, 15) is 8.42 Å². The molecular weight excluding hydrogens is 222 g/mol. The zero-order chi connectivity index (χ0) is 11.6. The zero-order valence-corrected chi connectivity index (χ0v) is 10.0. The lowest BCUT2D eigenvalue weighted by atomic mass is 10.5.